The molecule has 0 spiro atoms. The minimum absolute atomic E-state index is 0.259. The molecule has 0 aliphatic carbocycles. The second kappa shape index (κ2) is 5.49. The van der Waals surface area contributed by atoms with E-state index in [-0.39, 0.29) is 6.42 Å². The van der Waals surface area contributed by atoms with Crippen LogP contribution < -0.4 is 4.74 Å². The molecule has 1 N–H and O–H groups in total. The highest BCUT2D eigenvalue weighted by molar-refractivity contribution is 9.39. The number of hydrogen-bond acceptors (Lipinski definition) is 2. The van der Waals surface area contributed by atoms with E-state index in [1.165, 1.54) is 0 Å². The fraction of sp³-hybridized carbons (Fsp3) is 0.333. The van der Waals surface area contributed by atoms with Crippen molar-refractivity contribution in [3.8, 4) is 5.75 Å². The highest BCUT2D eigenvalue weighted by Gasteiger charge is 2.35. The van der Waals surface area contributed by atoms with Crippen LogP contribution in [-0.2, 0) is 0 Å². The van der Waals surface area contributed by atoms with Crippen LogP contribution in [-0.4, -0.2) is 11.9 Å². The third-order valence-electron chi connectivity index (χ3n) is 1.44. The molecule has 0 saturated carbocycles. The lowest BCUT2D eigenvalue weighted by atomic mass is 10.3. The molecule has 2 nitrogen and oxygen atoms in total. The third kappa shape index (κ3) is 6.26. The van der Waals surface area contributed by atoms with Gasteiger partial charge in [-0.3, -0.25) is 0 Å². The van der Waals surface area contributed by atoms with Crippen LogP contribution in [0.2, 0.25) is 0 Å². The molecule has 0 aliphatic rings. The Balaban J connectivity index is 2.65. The SMILES string of the molecule is OC(Br)(CC(Br)(Br)Br)Oc1ccccc1. The summed E-state index contributed by atoms with van der Waals surface area (Å²) in [6, 6.07) is 9.09. The van der Waals surface area contributed by atoms with Gasteiger partial charge in [0.05, 0.1) is 6.42 Å². The molecule has 15 heavy (non-hydrogen) atoms. The van der Waals surface area contributed by atoms with E-state index in [9.17, 15) is 5.11 Å². The molecule has 1 unspecified atom stereocenters. The number of para-hydroxylation sites is 1. The molecule has 0 amide bonds. The van der Waals surface area contributed by atoms with E-state index in [0.717, 1.165) is 0 Å². The Morgan fingerprint density at radius 3 is 2.07 bits per heavy atom. The molecule has 1 atom stereocenters. The van der Waals surface area contributed by atoms with Crippen molar-refractivity contribution < 1.29 is 9.84 Å². The Morgan fingerprint density at radius 2 is 1.60 bits per heavy atom. The Kier molecular flexibility index (Phi) is 5.11. The van der Waals surface area contributed by atoms with Gasteiger partial charge in [-0.25, -0.2) is 0 Å². The molecule has 1 aromatic carbocycles. The smallest absolute Gasteiger partial charge is 0.268 e. The molecule has 84 valence electrons. The molecule has 1 rings (SSSR count). The summed E-state index contributed by atoms with van der Waals surface area (Å²) in [5, 5.41) is 9.91. The van der Waals surface area contributed by atoms with Crippen molar-refractivity contribution in [2.45, 2.75) is 13.3 Å². The van der Waals surface area contributed by atoms with Gasteiger partial charge < -0.3 is 9.84 Å². The monoisotopic (exact) mass is 464 g/mol. The van der Waals surface area contributed by atoms with Gasteiger partial charge in [-0.05, 0) is 28.1 Å². The van der Waals surface area contributed by atoms with Crippen LogP contribution in [0.1, 0.15) is 6.42 Å². The molecule has 0 saturated heterocycles. The average molecular weight is 468 g/mol. The normalized spacial score (nSPS) is 15.8. The first-order chi connectivity index (χ1) is 6.79. The maximum atomic E-state index is 9.91. The maximum absolute atomic E-state index is 9.91. The van der Waals surface area contributed by atoms with Gasteiger partial charge in [-0.1, -0.05) is 66.0 Å². The summed E-state index contributed by atoms with van der Waals surface area (Å²) >= 11 is 13.0. The lowest BCUT2D eigenvalue weighted by Crippen LogP contribution is -2.32. The van der Waals surface area contributed by atoms with Crippen LogP contribution in [0.5, 0.6) is 5.75 Å². The number of alkyl halides is 4. The first-order valence-corrected chi connectivity index (χ1v) is 7.18. The summed E-state index contributed by atoms with van der Waals surface area (Å²) in [5.41, 5.74) is 0. The quantitative estimate of drug-likeness (QED) is 0.529. The van der Waals surface area contributed by atoms with Crippen LogP contribution in [0.4, 0.5) is 0 Å². The zero-order valence-corrected chi connectivity index (χ0v) is 13.8. The lowest BCUT2D eigenvalue weighted by molar-refractivity contribution is -0.0486. The average Bonchev–Trinajstić information content (AvgIpc) is 1.99. The third-order valence-corrected chi connectivity index (χ3v) is 2.72. The summed E-state index contributed by atoms with van der Waals surface area (Å²) in [7, 11) is 0. The summed E-state index contributed by atoms with van der Waals surface area (Å²) in [6.45, 7) is 0. The van der Waals surface area contributed by atoms with Crippen LogP contribution in [0.25, 0.3) is 0 Å². The highest BCUT2D eigenvalue weighted by atomic mass is 80.0. The first-order valence-electron chi connectivity index (χ1n) is 4.01. The van der Waals surface area contributed by atoms with Crippen molar-refractivity contribution in [1.29, 1.82) is 0 Å². The number of rotatable bonds is 3. The van der Waals surface area contributed by atoms with E-state index in [4.69, 9.17) is 4.74 Å². The Bertz CT molecular complexity index is 308. The maximum Gasteiger partial charge on any atom is 0.268 e. The minimum Gasteiger partial charge on any atom is -0.452 e. The van der Waals surface area contributed by atoms with Crippen LogP contribution in [0, 0.1) is 0 Å². The summed E-state index contributed by atoms with van der Waals surface area (Å²) in [6.07, 6.45) is 0.259. The van der Waals surface area contributed by atoms with Crippen molar-refractivity contribution in [2.24, 2.45) is 0 Å². The molecule has 0 aliphatic heterocycles. The van der Waals surface area contributed by atoms with E-state index in [0.29, 0.717) is 5.75 Å². The molecule has 6 heteroatoms. The Labute approximate surface area is 122 Å². The molecule has 1 aromatic rings. The zero-order chi connectivity index (χ0) is 11.5. The van der Waals surface area contributed by atoms with Crippen LogP contribution in [0.15, 0.2) is 30.3 Å². The zero-order valence-electron chi connectivity index (χ0n) is 7.46. The van der Waals surface area contributed by atoms with Gasteiger partial charge in [-0.15, -0.1) is 0 Å². The van der Waals surface area contributed by atoms with Gasteiger partial charge in [0.2, 0.25) is 0 Å². The molecular weight excluding hydrogens is 460 g/mol. The van der Waals surface area contributed by atoms with Crippen molar-refractivity contribution in [3.05, 3.63) is 30.3 Å². The highest BCUT2D eigenvalue weighted by Crippen LogP contribution is 2.43. The van der Waals surface area contributed by atoms with Crippen molar-refractivity contribution >= 4 is 63.7 Å². The predicted molar refractivity (Wildman–Crippen MR) is 75.1 cm³/mol. The topological polar surface area (TPSA) is 29.5 Å². The number of hydrogen-bond donors (Lipinski definition) is 1. The van der Waals surface area contributed by atoms with Gasteiger partial charge in [0.15, 0.2) is 0 Å². The van der Waals surface area contributed by atoms with Gasteiger partial charge in [-0.2, -0.15) is 0 Å². The largest absolute Gasteiger partial charge is 0.452 e. The number of aliphatic hydroxyl groups is 1. The first kappa shape index (κ1) is 14.0. The fourth-order valence-electron chi connectivity index (χ4n) is 0.952. The predicted octanol–water partition coefficient (Wildman–Crippen LogP) is 4.34. The van der Waals surface area contributed by atoms with E-state index < -0.39 is 6.84 Å². The van der Waals surface area contributed by atoms with E-state index in [1.807, 2.05) is 18.2 Å². The lowest BCUT2D eigenvalue weighted by Gasteiger charge is -2.26. The second-order valence-electron chi connectivity index (χ2n) is 2.90. The molecule has 0 fully saturated rings. The minimum atomic E-state index is -1.44. The molecule has 0 radical (unpaired) electrons. The number of ether oxygens (including phenoxy) is 1. The van der Waals surface area contributed by atoms with Gasteiger partial charge in [0.1, 0.15) is 7.89 Å². The van der Waals surface area contributed by atoms with E-state index in [2.05, 4.69) is 63.7 Å². The number of halogens is 4. The Hall–Kier alpha value is 0.900. The van der Waals surface area contributed by atoms with Gasteiger partial charge in [0.25, 0.3) is 4.70 Å². The van der Waals surface area contributed by atoms with E-state index in [1.54, 1.807) is 12.1 Å². The van der Waals surface area contributed by atoms with Crippen molar-refractivity contribution in [2.75, 3.05) is 0 Å². The van der Waals surface area contributed by atoms with Crippen molar-refractivity contribution in [3.63, 3.8) is 0 Å². The molecular formula is C9H8Br4O2. The molecule has 0 heterocycles. The molecule has 0 aromatic heterocycles. The molecule has 0 bridgehead atoms. The summed E-state index contributed by atoms with van der Waals surface area (Å²) in [4.78, 5) is 0. The Morgan fingerprint density at radius 1 is 1.07 bits per heavy atom. The van der Waals surface area contributed by atoms with Crippen LogP contribution >= 0.6 is 63.7 Å². The van der Waals surface area contributed by atoms with Crippen molar-refractivity contribution in [1.82, 2.24) is 0 Å². The fourth-order valence-corrected chi connectivity index (χ4v) is 3.83. The van der Waals surface area contributed by atoms with Gasteiger partial charge in [0, 0.05) is 0 Å². The van der Waals surface area contributed by atoms with Gasteiger partial charge >= 0.3 is 0 Å². The van der Waals surface area contributed by atoms with Crippen LogP contribution in [0.3, 0.4) is 0 Å². The standard InChI is InChI=1S/C9H8Br4O2/c10-8(11,12)6-9(13,14)15-7-4-2-1-3-5-7/h1-5,14H,6H2. The second-order valence-corrected chi connectivity index (χ2v) is 11.4. The van der Waals surface area contributed by atoms with E-state index >= 15 is 0 Å². The number of benzene rings is 1. The summed E-state index contributed by atoms with van der Waals surface area (Å²) in [5.74, 6) is 0.591. The summed E-state index contributed by atoms with van der Waals surface area (Å²) < 4.78 is 3.35.